The van der Waals surface area contributed by atoms with Gasteiger partial charge in [-0.2, -0.15) is 0 Å². The van der Waals surface area contributed by atoms with E-state index in [2.05, 4.69) is 28.3 Å². The van der Waals surface area contributed by atoms with Gasteiger partial charge < -0.3 is 10.1 Å². The van der Waals surface area contributed by atoms with Crippen molar-refractivity contribution in [2.75, 3.05) is 27.2 Å². The van der Waals surface area contributed by atoms with E-state index < -0.39 is 0 Å². The number of nitrogens with one attached hydrogen (secondary N) is 1. The Labute approximate surface area is 103 Å². The summed E-state index contributed by atoms with van der Waals surface area (Å²) in [7, 11) is 3.82. The number of hydrogen-bond acceptors (Lipinski definition) is 4. The smallest absolute Gasteiger partial charge is 0.212 e. The van der Waals surface area contributed by atoms with Crippen LogP contribution in [0.15, 0.2) is 18.3 Å². The highest BCUT2D eigenvalue weighted by atomic mass is 16.5. The molecule has 1 atom stereocenters. The number of likely N-dealkylation sites (N-methyl/N-ethyl adjacent to an activating group) is 1. The summed E-state index contributed by atoms with van der Waals surface area (Å²) < 4.78 is 5.06. The third kappa shape index (κ3) is 3.41. The lowest BCUT2D eigenvalue weighted by molar-refractivity contribution is 0.195. The van der Waals surface area contributed by atoms with Crippen molar-refractivity contribution in [2.24, 2.45) is 0 Å². The topological polar surface area (TPSA) is 37.4 Å². The molecule has 1 fully saturated rings. The van der Waals surface area contributed by atoms with Gasteiger partial charge >= 0.3 is 0 Å². The van der Waals surface area contributed by atoms with Crippen LogP contribution in [0.1, 0.15) is 18.4 Å². The fourth-order valence-corrected chi connectivity index (χ4v) is 2.25. The SMILES string of the molecule is COc1ccc(CN(C)C2CCCNC2)cn1. The van der Waals surface area contributed by atoms with E-state index in [1.54, 1.807) is 7.11 Å². The molecule has 0 bridgehead atoms. The summed E-state index contributed by atoms with van der Waals surface area (Å²) in [6.45, 7) is 3.21. The monoisotopic (exact) mass is 235 g/mol. The van der Waals surface area contributed by atoms with E-state index in [-0.39, 0.29) is 0 Å². The molecule has 1 aliphatic heterocycles. The third-order valence-corrected chi connectivity index (χ3v) is 3.33. The largest absolute Gasteiger partial charge is 0.481 e. The molecule has 94 valence electrons. The first-order chi connectivity index (χ1) is 8.29. The van der Waals surface area contributed by atoms with Crippen LogP contribution in [0.2, 0.25) is 0 Å². The second-order valence-electron chi connectivity index (χ2n) is 4.62. The predicted molar refractivity (Wildman–Crippen MR) is 68.1 cm³/mol. The average molecular weight is 235 g/mol. The van der Waals surface area contributed by atoms with Crippen LogP contribution in [0.3, 0.4) is 0 Å². The molecule has 4 nitrogen and oxygen atoms in total. The van der Waals surface area contributed by atoms with Gasteiger partial charge in [-0.15, -0.1) is 0 Å². The molecule has 4 heteroatoms. The Morgan fingerprint density at radius 1 is 1.53 bits per heavy atom. The number of hydrogen-bond donors (Lipinski definition) is 1. The van der Waals surface area contributed by atoms with Crippen LogP contribution in [0.5, 0.6) is 5.88 Å². The summed E-state index contributed by atoms with van der Waals surface area (Å²) in [4.78, 5) is 6.63. The average Bonchev–Trinajstić information content (AvgIpc) is 2.40. The van der Waals surface area contributed by atoms with Crippen LogP contribution in [0.4, 0.5) is 0 Å². The van der Waals surface area contributed by atoms with Gasteiger partial charge in [0.05, 0.1) is 7.11 Å². The lowest BCUT2D eigenvalue weighted by atomic mass is 10.1. The van der Waals surface area contributed by atoms with Gasteiger partial charge in [0.2, 0.25) is 5.88 Å². The minimum Gasteiger partial charge on any atom is -0.481 e. The Morgan fingerprint density at radius 3 is 3.00 bits per heavy atom. The molecule has 1 aromatic rings. The maximum atomic E-state index is 5.06. The fraction of sp³-hybridized carbons (Fsp3) is 0.615. The van der Waals surface area contributed by atoms with E-state index in [9.17, 15) is 0 Å². The quantitative estimate of drug-likeness (QED) is 0.853. The van der Waals surface area contributed by atoms with E-state index in [4.69, 9.17) is 4.74 Å². The molecule has 2 rings (SSSR count). The number of ether oxygens (including phenoxy) is 1. The van der Waals surface area contributed by atoms with Gasteiger partial charge in [0.15, 0.2) is 0 Å². The summed E-state index contributed by atoms with van der Waals surface area (Å²) in [5.41, 5.74) is 1.24. The molecule has 1 aromatic heterocycles. The standard InChI is InChI=1S/C13H21N3O/c1-16(12-4-3-7-14-9-12)10-11-5-6-13(17-2)15-8-11/h5-6,8,12,14H,3-4,7,9-10H2,1-2H3. The third-order valence-electron chi connectivity index (χ3n) is 3.33. The molecule has 0 amide bonds. The molecule has 0 saturated carbocycles. The van der Waals surface area contributed by atoms with Gasteiger partial charge in [0.1, 0.15) is 0 Å². The summed E-state index contributed by atoms with van der Waals surface area (Å²) in [5, 5.41) is 3.44. The van der Waals surface area contributed by atoms with E-state index in [1.807, 2.05) is 12.3 Å². The van der Waals surface area contributed by atoms with Crippen molar-refractivity contribution in [3.05, 3.63) is 23.9 Å². The van der Waals surface area contributed by atoms with Crippen molar-refractivity contribution >= 4 is 0 Å². The van der Waals surface area contributed by atoms with Crippen LogP contribution in [0, 0.1) is 0 Å². The number of piperidine rings is 1. The molecule has 0 radical (unpaired) electrons. The van der Waals surface area contributed by atoms with Crippen molar-refractivity contribution in [3.63, 3.8) is 0 Å². The Bertz CT molecular complexity index is 333. The summed E-state index contributed by atoms with van der Waals surface area (Å²) in [5.74, 6) is 0.677. The lowest BCUT2D eigenvalue weighted by Gasteiger charge is -2.31. The second-order valence-corrected chi connectivity index (χ2v) is 4.62. The zero-order chi connectivity index (χ0) is 12.1. The zero-order valence-corrected chi connectivity index (χ0v) is 10.6. The minimum atomic E-state index is 0.644. The maximum absolute atomic E-state index is 5.06. The van der Waals surface area contributed by atoms with Crippen molar-refractivity contribution < 1.29 is 4.74 Å². The molecule has 0 aromatic carbocycles. The Kier molecular flexibility index (Phi) is 4.34. The summed E-state index contributed by atoms with van der Waals surface area (Å²) >= 11 is 0. The molecular weight excluding hydrogens is 214 g/mol. The van der Waals surface area contributed by atoms with E-state index in [0.717, 1.165) is 19.6 Å². The van der Waals surface area contributed by atoms with Gasteiger partial charge in [0, 0.05) is 31.4 Å². The number of nitrogens with zero attached hydrogens (tertiary/aromatic N) is 2. The van der Waals surface area contributed by atoms with Crippen molar-refractivity contribution in [1.29, 1.82) is 0 Å². The highest BCUT2D eigenvalue weighted by molar-refractivity contribution is 5.17. The van der Waals surface area contributed by atoms with Crippen LogP contribution in [0.25, 0.3) is 0 Å². The number of pyridine rings is 1. The zero-order valence-electron chi connectivity index (χ0n) is 10.6. The molecular formula is C13H21N3O. The minimum absolute atomic E-state index is 0.644. The second kappa shape index (κ2) is 5.98. The highest BCUT2D eigenvalue weighted by Gasteiger charge is 2.17. The Morgan fingerprint density at radius 2 is 2.41 bits per heavy atom. The van der Waals surface area contributed by atoms with E-state index in [0.29, 0.717) is 11.9 Å². The molecule has 0 aliphatic carbocycles. The molecule has 1 saturated heterocycles. The summed E-state index contributed by atoms with van der Waals surface area (Å²) in [6, 6.07) is 4.65. The highest BCUT2D eigenvalue weighted by Crippen LogP contribution is 2.13. The normalized spacial score (nSPS) is 20.5. The van der Waals surface area contributed by atoms with Gasteiger partial charge in [-0.25, -0.2) is 4.98 Å². The van der Waals surface area contributed by atoms with Crippen molar-refractivity contribution in [2.45, 2.75) is 25.4 Å². The first-order valence-electron chi connectivity index (χ1n) is 6.19. The van der Waals surface area contributed by atoms with Gasteiger partial charge in [-0.3, -0.25) is 4.90 Å². The Balaban J connectivity index is 1.89. The first kappa shape index (κ1) is 12.3. The first-order valence-corrected chi connectivity index (χ1v) is 6.19. The molecule has 1 unspecified atom stereocenters. The van der Waals surface area contributed by atoms with Gasteiger partial charge in [0.25, 0.3) is 0 Å². The Hall–Kier alpha value is -1.13. The number of aromatic nitrogens is 1. The van der Waals surface area contributed by atoms with Crippen LogP contribution < -0.4 is 10.1 Å². The molecule has 17 heavy (non-hydrogen) atoms. The van der Waals surface area contributed by atoms with Crippen LogP contribution >= 0.6 is 0 Å². The molecule has 2 heterocycles. The number of rotatable bonds is 4. The van der Waals surface area contributed by atoms with Crippen molar-refractivity contribution in [1.82, 2.24) is 15.2 Å². The number of methoxy groups -OCH3 is 1. The van der Waals surface area contributed by atoms with E-state index in [1.165, 1.54) is 18.4 Å². The predicted octanol–water partition coefficient (Wildman–Crippen LogP) is 1.27. The van der Waals surface area contributed by atoms with Gasteiger partial charge in [-0.1, -0.05) is 6.07 Å². The van der Waals surface area contributed by atoms with E-state index >= 15 is 0 Å². The molecule has 1 aliphatic rings. The van der Waals surface area contributed by atoms with Gasteiger partial charge in [-0.05, 0) is 32.0 Å². The summed E-state index contributed by atoms with van der Waals surface area (Å²) in [6.07, 6.45) is 4.45. The lowest BCUT2D eigenvalue weighted by Crippen LogP contribution is -2.43. The molecule has 1 N–H and O–H groups in total. The van der Waals surface area contributed by atoms with Crippen molar-refractivity contribution in [3.8, 4) is 5.88 Å². The van der Waals surface area contributed by atoms with Crippen LogP contribution in [-0.4, -0.2) is 43.2 Å². The van der Waals surface area contributed by atoms with Crippen LogP contribution in [-0.2, 0) is 6.54 Å². The molecule has 0 spiro atoms. The maximum Gasteiger partial charge on any atom is 0.212 e. The fourth-order valence-electron chi connectivity index (χ4n) is 2.25.